The summed E-state index contributed by atoms with van der Waals surface area (Å²) in [5.41, 5.74) is -0.991. The third-order valence-electron chi connectivity index (χ3n) is 5.16. The predicted molar refractivity (Wildman–Crippen MR) is 123 cm³/mol. The molecular formula is C23H25F3N4O4S. The molecule has 0 spiro atoms. The second kappa shape index (κ2) is 9.75. The zero-order valence-electron chi connectivity index (χ0n) is 19.4. The average molecular weight is 511 g/mol. The van der Waals surface area contributed by atoms with E-state index in [1.54, 1.807) is 25.7 Å². The molecule has 1 aliphatic rings. The van der Waals surface area contributed by atoms with E-state index in [4.69, 9.17) is 4.74 Å². The standard InChI is InChI=1S/C23H25F3N4O4S/c1-22(2,3)34-21(31)28-18-6-8-19(9-7-18)35(32,33)30-12-10-29(11-13-30)20-14-17(23(24,25)26)5-4-16(20)15-27/h4-9,14H,10-13H2,1-3H3,(H,28,31). The van der Waals surface area contributed by atoms with Gasteiger partial charge in [-0.05, 0) is 63.2 Å². The first-order chi connectivity index (χ1) is 16.2. The van der Waals surface area contributed by atoms with Crippen molar-refractivity contribution in [2.45, 2.75) is 37.4 Å². The number of nitrogens with one attached hydrogen (secondary N) is 1. The van der Waals surface area contributed by atoms with E-state index < -0.39 is 33.5 Å². The van der Waals surface area contributed by atoms with Crippen LogP contribution in [0.4, 0.5) is 29.3 Å². The first kappa shape index (κ1) is 26.3. The fourth-order valence-corrected chi connectivity index (χ4v) is 4.94. The van der Waals surface area contributed by atoms with Crippen LogP contribution in [0.3, 0.4) is 0 Å². The molecule has 0 bridgehead atoms. The molecule has 1 amide bonds. The molecule has 1 heterocycles. The van der Waals surface area contributed by atoms with E-state index in [1.165, 1.54) is 28.6 Å². The fraction of sp³-hybridized carbons (Fsp3) is 0.391. The highest BCUT2D eigenvalue weighted by atomic mass is 32.2. The zero-order chi connectivity index (χ0) is 26.0. The number of piperazine rings is 1. The molecule has 0 aromatic heterocycles. The van der Waals surface area contributed by atoms with Crippen LogP contribution in [-0.2, 0) is 20.9 Å². The molecule has 8 nitrogen and oxygen atoms in total. The molecule has 0 atom stereocenters. The maximum Gasteiger partial charge on any atom is 0.416 e. The number of carbonyl (C=O) groups excluding carboxylic acids is 1. The summed E-state index contributed by atoms with van der Waals surface area (Å²) in [6, 6.07) is 10.4. The number of hydrogen-bond donors (Lipinski definition) is 1. The minimum Gasteiger partial charge on any atom is -0.444 e. The summed E-state index contributed by atoms with van der Waals surface area (Å²) >= 11 is 0. The van der Waals surface area contributed by atoms with Crippen LogP contribution < -0.4 is 10.2 Å². The molecule has 1 aliphatic heterocycles. The molecule has 0 unspecified atom stereocenters. The molecule has 2 aromatic rings. The Labute approximate surface area is 201 Å². The van der Waals surface area contributed by atoms with Crippen LogP contribution in [0.1, 0.15) is 31.9 Å². The molecule has 35 heavy (non-hydrogen) atoms. The van der Waals surface area contributed by atoms with E-state index in [-0.39, 0.29) is 42.3 Å². The number of amides is 1. The van der Waals surface area contributed by atoms with E-state index in [2.05, 4.69) is 5.32 Å². The second-order valence-electron chi connectivity index (χ2n) is 8.88. The highest BCUT2D eigenvalue weighted by Gasteiger charge is 2.33. The Bertz CT molecular complexity index is 1230. The molecule has 1 fully saturated rings. The number of halogens is 3. The van der Waals surface area contributed by atoms with Crippen LogP contribution >= 0.6 is 0 Å². The number of rotatable bonds is 4. The third kappa shape index (κ3) is 6.43. The van der Waals surface area contributed by atoms with Crippen LogP contribution in [-0.4, -0.2) is 50.6 Å². The fourth-order valence-electron chi connectivity index (χ4n) is 3.51. The van der Waals surface area contributed by atoms with Gasteiger partial charge in [-0.1, -0.05) is 0 Å². The normalized spacial score (nSPS) is 15.4. The van der Waals surface area contributed by atoms with Gasteiger partial charge in [-0.2, -0.15) is 22.7 Å². The maximum absolute atomic E-state index is 13.1. The molecule has 188 valence electrons. The van der Waals surface area contributed by atoms with Crippen LogP contribution in [0, 0.1) is 11.3 Å². The number of sulfonamides is 1. The van der Waals surface area contributed by atoms with E-state index in [1.807, 2.05) is 6.07 Å². The van der Waals surface area contributed by atoms with E-state index in [0.717, 1.165) is 18.2 Å². The Morgan fingerprint density at radius 2 is 1.63 bits per heavy atom. The molecule has 2 aromatic carbocycles. The van der Waals surface area contributed by atoms with Gasteiger partial charge >= 0.3 is 12.3 Å². The lowest BCUT2D eigenvalue weighted by atomic mass is 10.1. The smallest absolute Gasteiger partial charge is 0.416 e. The van der Waals surface area contributed by atoms with Crippen molar-refractivity contribution in [2.24, 2.45) is 0 Å². The molecule has 1 saturated heterocycles. The third-order valence-corrected chi connectivity index (χ3v) is 7.08. The topological polar surface area (TPSA) is 103 Å². The van der Waals surface area contributed by atoms with Gasteiger partial charge in [-0.3, -0.25) is 5.32 Å². The van der Waals surface area contributed by atoms with Crippen LogP contribution in [0.25, 0.3) is 0 Å². The highest BCUT2D eigenvalue weighted by Crippen LogP contribution is 2.34. The first-order valence-electron chi connectivity index (χ1n) is 10.7. The summed E-state index contributed by atoms with van der Waals surface area (Å²) < 4.78 is 71.9. The Balaban J connectivity index is 1.69. The van der Waals surface area contributed by atoms with E-state index in [9.17, 15) is 31.6 Å². The maximum atomic E-state index is 13.1. The van der Waals surface area contributed by atoms with Crippen molar-refractivity contribution < 1.29 is 31.1 Å². The average Bonchev–Trinajstić information content (AvgIpc) is 2.77. The number of alkyl halides is 3. The highest BCUT2D eigenvalue weighted by molar-refractivity contribution is 7.89. The number of benzene rings is 2. The lowest BCUT2D eigenvalue weighted by Gasteiger charge is -2.36. The van der Waals surface area contributed by atoms with Gasteiger partial charge < -0.3 is 9.64 Å². The summed E-state index contributed by atoms with van der Waals surface area (Å²) in [7, 11) is -3.87. The van der Waals surface area contributed by atoms with Gasteiger partial charge in [0, 0.05) is 31.9 Å². The molecule has 0 aliphatic carbocycles. The molecule has 0 radical (unpaired) electrons. The van der Waals surface area contributed by atoms with Crippen molar-refractivity contribution in [3.05, 3.63) is 53.6 Å². The van der Waals surface area contributed by atoms with Crippen molar-refractivity contribution >= 4 is 27.5 Å². The lowest BCUT2D eigenvalue weighted by molar-refractivity contribution is -0.137. The Morgan fingerprint density at radius 3 is 2.14 bits per heavy atom. The Kier molecular flexibility index (Phi) is 7.33. The molecule has 0 saturated carbocycles. The predicted octanol–water partition coefficient (Wildman–Crippen LogP) is 4.43. The molecule has 3 rings (SSSR count). The summed E-state index contributed by atoms with van der Waals surface area (Å²) in [6.45, 7) is 5.45. The van der Waals surface area contributed by atoms with Crippen molar-refractivity contribution in [2.75, 3.05) is 36.4 Å². The van der Waals surface area contributed by atoms with Crippen LogP contribution in [0.2, 0.25) is 0 Å². The lowest BCUT2D eigenvalue weighted by Crippen LogP contribution is -2.48. The van der Waals surface area contributed by atoms with Gasteiger partial charge in [0.2, 0.25) is 10.0 Å². The van der Waals surface area contributed by atoms with Crippen molar-refractivity contribution in [1.82, 2.24) is 4.31 Å². The number of ether oxygens (including phenoxy) is 1. The molecule has 1 N–H and O–H groups in total. The van der Waals surface area contributed by atoms with Crippen molar-refractivity contribution in [3.8, 4) is 6.07 Å². The second-order valence-corrected chi connectivity index (χ2v) is 10.8. The van der Waals surface area contributed by atoms with E-state index in [0.29, 0.717) is 5.69 Å². The number of anilines is 2. The summed E-state index contributed by atoms with van der Waals surface area (Å²) in [5.74, 6) is 0. The van der Waals surface area contributed by atoms with Crippen LogP contribution in [0.15, 0.2) is 47.4 Å². The van der Waals surface area contributed by atoms with Gasteiger partial charge in [0.05, 0.1) is 21.7 Å². The van der Waals surface area contributed by atoms with Gasteiger partial charge in [-0.25, -0.2) is 13.2 Å². The minimum absolute atomic E-state index is 0.0115. The Hall–Kier alpha value is -3.30. The van der Waals surface area contributed by atoms with Crippen LogP contribution in [0.5, 0.6) is 0 Å². The van der Waals surface area contributed by atoms with E-state index >= 15 is 0 Å². The summed E-state index contributed by atoms with van der Waals surface area (Å²) in [5, 5.41) is 11.8. The monoisotopic (exact) mass is 510 g/mol. The van der Waals surface area contributed by atoms with Gasteiger partial charge in [0.15, 0.2) is 0 Å². The number of nitriles is 1. The largest absolute Gasteiger partial charge is 0.444 e. The number of nitrogens with zero attached hydrogens (tertiary/aromatic N) is 3. The number of carbonyl (C=O) groups is 1. The summed E-state index contributed by atoms with van der Waals surface area (Å²) in [4.78, 5) is 13.5. The molecular weight excluding hydrogens is 485 g/mol. The quantitative estimate of drug-likeness (QED) is 0.653. The first-order valence-corrected chi connectivity index (χ1v) is 12.1. The number of hydrogen-bond acceptors (Lipinski definition) is 6. The van der Waals surface area contributed by atoms with Crippen molar-refractivity contribution in [1.29, 1.82) is 5.26 Å². The Morgan fingerprint density at radius 1 is 1.03 bits per heavy atom. The van der Waals surface area contributed by atoms with Crippen molar-refractivity contribution in [3.63, 3.8) is 0 Å². The zero-order valence-corrected chi connectivity index (χ0v) is 20.2. The van der Waals surface area contributed by atoms with Gasteiger partial charge in [0.1, 0.15) is 11.7 Å². The van der Waals surface area contributed by atoms with Gasteiger partial charge in [0.25, 0.3) is 0 Å². The SMILES string of the molecule is CC(C)(C)OC(=O)Nc1ccc(S(=O)(=O)N2CCN(c3cc(C(F)(F)F)ccc3C#N)CC2)cc1. The van der Waals surface area contributed by atoms with Gasteiger partial charge in [-0.15, -0.1) is 0 Å². The minimum atomic E-state index is -4.56. The molecule has 12 heteroatoms. The summed E-state index contributed by atoms with van der Waals surface area (Å²) in [6.07, 6.45) is -5.23.